The van der Waals surface area contributed by atoms with E-state index in [4.69, 9.17) is 17.0 Å². The van der Waals surface area contributed by atoms with E-state index < -0.39 is 0 Å². The van der Waals surface area contributed by atoms with E-state index in [0.29, 0.717) is 18.1 Å². The second-order valence-corrected chi connectivity index (χ2v) is 7.26. The maximum Gasteiger partial charge on any atom is 0.251 e. The van der Waals surface area contributed by atoms with Crippen molar-refractivity contribution in [2.75, 3.05) is 19.4 Å². The van der Waals surface area contributed by atoms with Crippen LogP contribution in [0.25, 0.3) is 0 Å². The van der Waals surface area contributed by atoms with Crippen LogP contribution in [0.5, 0.6) is 5.75 Å². The summed E-state index contributed by atoms with van der Waals surface area (Å²) in [5.74, 6) is 1.69. The van der Waals surface area contributed by atoms with Crippen LogP contribution in [-0.4, -0.2) is 41.4 Å². The number of hydrogen-bond donors (Lipinski definition) is 1. The van der Waals surface area contributed by atoms with Gasteiger partial charge in [0.25, 0.3) is 5.91 Å². The first-order valence-corrected chi connectivity index (χ1v) is 9.49. The van der Waals surface area contributed by atoms with Crippen molar-refractivity contribution >= 4 is 35.0 Å². The van der Waals surface area contributed by atoms with Crippen molar-refractivity contribution in [1.82, 2.24) is 10.2 Å². The van der Waals surface area contributed by atoms with Crippen molar-refractivity contribution < 1.29 is 9.53 Å². The van der Waals surface area contributed by atoms with E-state index in [1.807, 2.05) is 54.6 Å². The fraction of sp³-hybridized carbons (Fsp3) is 0.263. The molecule has 4 nitrogen and oxygen atoms in total. The molecule has 0 aliphatic carbocycles. The molecule has 0 spiro atoms. The number of rotatable bonds is 7. The Kier molecular flexibility index (Phi) is 5.94. The highest BCUT2D eigenvalue weighted by Crippen LogP contribution is 2.22. The van der Waals surface area contributed by atoms with Crippen LogP contribution in [0, 0.1) is 0 Å². The molecule has 1 amide bonds. The molecular weight excluding hydrogens is 352 g/mol. The summed E-state index contributed by atoms with van der Waals surface area (Å²) in [6.07, 6.45) is 0.655. The van der Waals surface area contributed by atoms with Crippen LogP contribution in [0.15, 0.2) is 59.5 Å². The van der Waals surface area contributed by atoms with Gasteiger partial charge >= 0.3 is 0 Å². The maximum atomic E-state index is 12.6. The molecule has 130 valence electrons. The molecular formula is C19H20N2O2S2. The van der Waals surface area contributed by atoms with Crippen LogP contribution in [0.4, 0.5) is 0 Å². The number of carbonyl (C=O) groups excluding carboxylic acids is 1. The minimum absolute atomic E-state index is 0.0594. The molecule has 0 radical (unpaired) electrons. The normalized spacial score (nSPS) is 16.8. The largest absolute Gasteiger partial charge is 0.497 e. The first kappa shape index (κ1) is 17.8. The Morgan fingerprint density at radius 3 is 2.56 bits per heavy atom. The predicted molar refractivity (Wildman–Crippen MR) is 105 cm³/mol. The number of methoxy groups -OCH3 is 1. The molecule has 1 N–H and O–H groups in total. The zero-order chi connectivity index (χ0) is 17.6. The Morgan fingerprint density at radius 1 is 1.16 bits per heavy atom. The van der Waals surface area contributed by atoms with Gasteiger partial charge in [-0.05, 0) is 42.0 Å². The highest BCUT2D eigenvalue weighted by Gasteiger charge is 2.34. The van der Waals surface area contributed by atoms with Gasteiger partial charge in [0.15, 0.2) is 5.11 Å². The number of thiocarbonyl (C=S) groups is 1. The SMILES string of the molecule is COc1ccc(SCCN2C(=O)C(Cc3ccccc3)NC2=S)cc1. The van der Waals surface area contributed by atoms with E-state index in [0.717, 1.165) is 22.0 Å². The summed E-state index contributed by atoms with van der Waals surface area (Å²) in [7, 11) is 1.65. The lowest BCUT2D eigenvalue weighted by atomic mass is 10.1. The summed E-state index contributed by atoms with van der Waals surface area (Å²) in [5, 5.41) is 3.68. The number of nitrogens with one attached hydrogen (secondary N) is 1. The summed E-state index contributed by atoms with van der Waals surface area (Å²) in [6, 6.07) is 17.6. The zero-order valence-corrected chi connectivity index (χ0v) is 15.6. The highest BCUT2D eigenvalue weighted by atomic mass is 32.2. The number of carbonyl (C=O) groups is 1. The molecule has 25 heavy (non-hydrogen) atoms. The molecule has 0 saturated carbocycles. The van der Waals surface area contributed by atoms with Gasteiger partial charge < -0.3 is 10.1 Å². The van der Waals surface area contributed by atoms with Crippen LogP contribution < -0.4 is 10.1 Å². The molecule has 1 aliphatic heterocycles. The molecule has 1 unspecified atom stereocenters. The predicted octanol–water partition coefficient (Wildman–Crippen LogP) is 3.12. The molecule has 0 aromatic heterocycles. The third kappa shape index (κ3) is 4.52. The summed E-state index contributed by atoms with van der Waals surface area (Å²) >= 11 is 7.04. The lowest BCUT2D eigenvalue weighted by Gasteiger charge is -2.14. The highest BCUT2D eigenvalue weighted by molar-refractivity contribution is 7.99. The second-order valence-electron chi connectivity index (χ2n) is 5.71. The van der Waals surface area contributed by atoms with Crippen molar-refractivity contribution in [1.29, 1.82) is 0 Å². The summed E-state index contributed by atoms with van der Waals surface area (Å²) in [5.41, 5.74) is 1.13. The van der Waals surface area contributed by atoms with E-state index in [1.165, 1.54) is 0 Å². The van der Waals surface area contributed by atoms with Crippen LogP contribution >= 0.6 is 24.0 Å². The van der Waals surface area contributed by atoms with E-state index in [1.54, 1.807) is 23.8 Å². The molecule has 2 aromatic rings. The van der Waals surface area contributed by atoms with Gasteiger partial charge in [0.2, 0.25) is 0 Å². The van der Waals surface area contributed by atoms with E-state index in [-0.39, 0.29) is 11.9 Å². The first-order valence-electron chi connectivity index (χ1n) is 8.10. The van der Waals surface area contributed by atoms with Gasteiger partial charge in [-0.15, -0.1) is 11.8 Å². The smallest absolute Gasteiger partial charge is 0.251 e. The van der Waals surface area contributed by atoms with Crippen LogP contribution in [0.3, 0.4) is 0 Å². The van der Waals surface area contributed by atoms with Gasteiger partial charge in [0.05, 0.1) is 7.11 Å². The summed E-state index contributed by atoms with van der Waals surface area (Å²) in [6.45, 7) is 0.604. The molecule has 2 aromatic carbocycles. The Bertz CT molecular complexity index is 735. The average molecular weight is 373 g/mol. The Hall–Kier alpha value is -2.05. The van der Waals surface area contributed by atoms with Crippen molar-refractivity contribution in [3.8, 4) is 5.75 Å². The van der Waals surface area contributed by atoms with Crippen molar-refractivity contribution in [3.63, 3.8) is 0 Å². The molecule has 6 heteroatoms. The zero-order valence-electron chi connectivity index (χ0n) is 14.0. The molecule has 1 saturated heterocycles. The Morgan fingerprint density at radius 2 is 1.88 bits per heavy atom. The fourth-order valence-corrected chi connectivity index (χ4v) is 3.87. The van der Waals surface area contributed by atoms with E-state index in [9.17, 15) is 4.79 Å². The van der Waals surface area contributed by atoms with Gasteiger partial charge in [-0.2, -0.15) is 0 Å². The van der Waals surface area contributed by atoms with Crippen LogP contribution in [0.1, 0.15) is 5.56 Å². The van der Waals surface area contributed by atoms with Crippen LogP contribution in [0.2, 0.25) is 0 Å². The minimum Gasteiger partial charge on any atom is -0.497 e. The minimum atomic E-state index is -0.263. The summed E-state index contributed by atoms with van der Waals surface area (Å²) < 4.78 is 5.16. The number of hydrogen-bond acceptors (Lipinski definition) is 4. The maximum absolute atomic E-state index is 12.6. The average Bonchev–Trinajstić information content (AvgIpc) is 2.90. The molecule has 0 bridgehead atoms. The quantitative estimate of drug-likeness (QED) is 0.597. The Balaban J connectivity index is 1.52. The third-order valence-corrected chi connectivity index (χ3v) is 5.36. The van der Waals surface area contributed by atoms with Crippen molar-refractivity contribution in [2.45, 2.75) is 17.4 Å². The second kappa shape index (κ2) is 8.36. The Labute approximate surface area is 157 Å². The fourth-order valence-electron chi connectivity index (χ4n) is 2.70. The summed E-state index contributed by atoms with van der Waals surface area (Å²) in [4.78, 5) is 15.4. The number of thioether (sulfide) groups is 1. The number of nitrogens with zero attached hydrogens (tertiary/aromatic N) is 1. The molecule has 1 aliphatic rings. The van der Waals surface area contributed by atoms with Gasteiger partial charge in [-0.3, -0.25) is 9.69 Å². The first-order chi connectivity index (χ1) is 12.2. The van der Waals surface area contributed by atoms with Gasteiger partial charge in [-0.1, -0.05) is 30.3 Å². The topological polar surface area (TPSA) is 41.6 Å². The molecule has 1 atom stereocenters. The van der Waals surface area contributed by atoms with Gasteiger partial charge in [0.1, 0.15) is 11.8 Å². The standard InChI is InChI=1S/C19H20N2O2S2/c1-23-15-7-9-16(10-8-15)25-12-11-21-18(22)17(20-19(21)24)13-14-5-3-2-4-6-14/h2-10,17H,11-13H2,1H3,(H,20,24). The third-order valence-electron chi connectivity index (χ3n) is 4.03. The van der Waals surface area contributed by atoms with Crippen molar-refractivity contribution in [3.05, 3.63) is 60.2 Å². The molecule has 3 rings (SSSR count). The van der Waals surface area contributed by atoms with Crippen LogP contribution in [-0.2, 0) is 11.2 Å². The van der Waals surface area contributed by atoms with Gasteiger partial charge in [0, 0.05) is 23.6 Å². The number of ether oxygens (including phenoxy) is 1. The van der Waals surface area contributed by atoms with E-state index in [2.05, 4.69) is 5.32 Å². The molecule has 1 fully saturated rings. The van der Waals surface area contributed by atoms with Gasteiger partial charge in [-0.25, -0.2) is 0 Å². The lowest BCUT2D eigenvalue weighted by molar-refractivity contribution is -0.126. The van der Waals surface area contributed by atoms with E-state index >= 15 is 0 Å². The monoisotopic (exact) mass is 372 g/mol. The lowest BCUT2D eigenvalue weighted by Crippen LogP contribution is -2.33. The number of benzene rings is 2. The van der Waals surface area contributed by atoms with Crippen molar-refractivity contribution in [2.24, 2.45) is 0 Å². The molecule has 1 heterocycles. The number of amides is 1.